The molecular weight excluding hydrogens is 260 g/mol. The molecule has 2 aromatic rings. The Balaban J connectivity index is 2.20. The third-order valence-corrected chi connectivity index (χ3v) is 3.33. The second kappa shape index (κ2) is 4.31. The average molecular weight is 272 g/mol. The molecule has 0 saturated heterocycles. The number of ketones is 2. The molecule has 1 aliphatic rings. The van der Waals surface area contributed by atoms with Crippen LogP contribution in [0.5, 0.6) is 5.75 Å². The molecule has 5 heteroatoms. The van der Waals surface area contributed by atoms with E-state index in [1.807, 2.05) is 0 Å². The zero-order chi connectivity index (χ0) is 14.4. The smallest absolute Gasteiger partial charge is 0.229 e. The van der Waals surface area contributed by atoms with E-state index in [0.717, 1.165) is 0 Å². The number of aliphatic hydroxyl groups excluding tert-OH is 1. The lowest BCUT2D eigenvalue weighted by Crippen LogP contribution is -2.19. The highest BCUT2D eigenvalue weighted by molar-refractivity contribution is 6.27. The minimum absolute atomic E-state index is 0.0216. The molecule has 0 spiro atoms. The number of hydrogen-bond acceptors (Lipinski definition) is 5. The molecule has 0 radical (unpaired) electrons. The fourth-order valence-electron chi connectivity index (χ4n) is 2.26. The first-order valence-electron chi connectivity index (χ1n) is 6.12. The van der Waals surface area contributed by atoms with Crippen molar-refractivity contribution in [3.8, 4) is 5.75 Å². The van der Waals surface area contributed by atoms with E-state index in [0.29, 0.717) is 11.3 Å². The summed E-state index contributed by atoms with van der Waals surface area (Å²) in [6.45, 7) is 1.51. The first-order valence-corrected chi connectivity index (χ1v) is 6.12. The highest BCUT2D eigenvalue weighted by Crippen LogP contribution is 2.33. The van der Waals surface area contributed by atoms with E-state index in [9.17, 15) is 14.7 Å². The van der Waals surface area contributed by atoms with Gasteiger partial charge < -0.3 is 14.3 Å². The Morgan fingerprint density at radius 2 is 1.85 bits per heavy atom. The number of rotatable bonds is 2. The molecule has 20 heavy (non-hydrogen) atoms. The standard InChI is InChI=1S/C15H12O5/c1-7(16)12-6-11-13(17)9-4-3-8(19-2)5-10(9)14(18)15(11)20-12/h3-7,16H,1-2H3. The van der Waals surface area contributed by atoms with Crippen molar-refractivity contribution in [3.63, 3.8) is 0 Å². The first-order chi connectivity index (χ1) is 9.52. The number of ether oxygens (including phenoxy) is 1. The number of furan rings is 1. The highest BCUT2D eigenvalue weighted by Gasteiger charge is 2.34. The van der Waals surface area contributed by atoms with Crippen molar-refractivity contribution in [1.82, 2.24) is 0 Å². The summed E-state index contributed by atoms with van der Waals surface area (Å²) in [6.07, 6.45) is -0.876. The molecule has 0 fully saturated rings. The topological polar surface area (TPSA) is 76.7 Å². The summed E-state index contributed by atoms with van der Waals surface area (Å²) in [7, 11) is 1.49. The lowest BCUT2D eigenvalue weighted by atomic mass is 9.88. The predicted octanol–water partition coefficient (Wildman–Crippen LogP) is 2.12. The molecule has 0 saturated carbocycles. The van der Waals surface area contributed by atoms with Gasteiger partial charge in [-0.1, -0.05) is 0 Å². The first kappa shape index (κ1) is 12.6. The van der Waals surface area contributed by atoms with Crippen molar-refractivity contribution in [2.75, 3.05) is 7.11 Å². The van der Waals surface area contributed by atoms with Crippen LogP contribution in [0.4, 0.5) is 0 Å². The Morgan fingerprint density at radius 1 is 1.10 bits per heavy atom. The molecule has 5 nitrogen and oxygen atoms in total. The monoisotopic (exact) mass is 272 g/mol. The maximum absolute atomic E-state index is 12.4. The van der Waals surface area contributed by atoms with Crippen LogP contribution in [0, 0.1) is 0 Å². The van der Waals surface area contributed by atoms with Crippen LogP contribution in [0.2, 0.25) is 0 Å². The molecule has 0 aliphatic heterocycles. The van der Waals surface area contributed by atoms with Gasteiger partial charge in [-0.15, -0.1) is 0 Å². The summed E-state index contributed by atoms with van der Waals surface area (Å²) in [6, 6.07) is 6.13. The predicted molar refractivity (Wildman–Crippen MR) is 69.2 cm³/mol. The summed E-state index contributed by atoms with van der Waals surface area (Å²) in [5.41, 5.74) is 0.776. The van der Waals surface area contributed by atoms with Gasteiger partial charge in [0.15, 0.2) is 11.5 Å². The quantitative estimate of drug-likeness (QED) is 0.773. The van der Waals surface area contributed by atoms with Crippen molar-refractivity contribution in [2.45, 2.75) is 13.0 Å². The number of carbonyl (C=O) groups is 2. The Hall–Kier alpha value is -2.40. The number of fused-ring (bicyclic) bond motifs is 2. The summed E-state index contributed by atoms with van der Waals surface area (Å²) in [5, 5.41) is 9.51. The number of methoxy groups -OCH3 is 1. The third-order valence-electron chi connectivity index (χ3n) is 3.33. The molecule has 1 aromatic heterocycles. The Kier molecular flexibility index (Phi) is 2.72. The normalized spacial score (nSPS) is 14.8. The SMILES string of the molecule is COc1ccc2c(c1)C(=O)c1oc(C(C)O)cc1C2=O. The molecular formula is C15H12O5. The van der Waals surface area contributed by atoms with Crippen LogP contribution in [0.15, 0.2) is 28.7 Å². The van der Waals surface area contributed by atoms with Crippen molar-refractivity contribution < 1.29 is 23.8 Å². The van der Waals surface area contributed by atoms with E-state index in [4.69, 9.17) is 9.15 Å². The van der Waals surface area contributed by atoms with Gasteiger partial charge in [0.1, 0.15) is 17.6 Å². The maximum Gasteiger partial charge on any atom is 0.229 e. The van der Waals surface area contributed by atoms with Gasteiger partial charge in [-0.3, -0.25) is 9.59 Å². The van der Waals surface area contributed by atoms with E-state index < -0.39 is 6.10 Å². The molecule has 0 amide bonds. The van der Waals surface area contributed by atoms with E-state index in [1.165, 1.54) is 26.2 Å². The maximum atomic E-state index is 12.4. The average Bonchev–Trinajstić information content (AvgIpc) is 2.90. The lowest BCUT2D eigenvalue weighted by molar-refractivity contribution is 0.0953. The van der Waals surface area contributed by atoms with Crippen LogP contribution >= 0.6 is 0 Å². The van der Waals surface area contributed by atoms with Gasteiger partial charge in [-0.05, 0) is 31.2 Å². The van der Waals surface area contributed by atoms with Crippen molar-refractivity contribution in [3.05, 3.63) is 52.5 Å². The van der Waals surface area contributed by atoms with Crippen LogP contribution in [0.1, 0.15) is 50.8 Å². The summed E-state index contributed by atoms with van der Waals surface area (Å²) in [4.78, 5) is 24.7. The molecule has 0 bridgehead atoms. The van der Waals surface area contributed by atoms with Crippen LogP contribution < -0.4 is 4.74 Å². The van der Waals surface area contributed by atoms with Crippen molar-refractivity contribution >= 4 is 11.6 Å². The summed E-state index contributed by atoms with van der Waals surface area (Å²) >= 11 is 0. The second-order valence-electron chi connectivity index (χ2n) is 4.64. The summed E-state index contributed by atoms with van der Waals surface area (Å²) in [5.74, 6) is 0.0204. The molecule has 1 heterocycles. The van der Waals surface area contributed by atoms with Crippen LogP contribution in [0.3, 0.4) is 0 Å². The number of carbonyl (C=O) groups excluding carboxylic acids is 2. The van der Waals surface area contributed by atoms with Gasteiger partial charge in [-0.2, -0.15) is 0 Å². The summed E-state index contributed by atoms with van der Waals surface area (Å²) < 4.78 is 10.4. The van der Waals surface area contributed by atoms with E-state index in [2.05, 4.69) is 0 Å². The van der Waals surface area contributed by atoms with Crippen LogP contribution in [-0.2, 0) is 0 Å². The molecule has 102 valence electrons. The number of hydrogen-bond donors (Lipinski definition) is 1. The molecule has 1 aromatic carbocycles. The van der Waals surface area contributed by atoms with E-state index >= 15 is 0 Å². The van der Waals surface area contributed by atoms with Gasteiger partial charge >= 0.3 is 0 Å². The lowest BCUT2D eigenvalue weighted by Gasteiger charge is -2.13. The van der Waals surface area contributed by atoms with Gasteiger partial charge in [0.05, 0.1) is 12.7 Å². The van der Waals surface area contributed by atoms with Gasteiger partial charge in [0.2, 0.25) is 5.78 Å². The third kappa shape index (κ3) is 1.67. The fraction of sp³-hybridized carbons (Fsp3) is 0.200. The largest absolute Gasteiger partial charge is 0.497 e. The minimum Gasteiger partial charge on any atom is -0.497 e. The van der Waals surface area contributed by atoms with Gasteiger partial charge in [0, 0.05) is 11.1 Å². The Bertz CT molecular complexity index is 724. The zero-order valence-corrected chi connectivity index (χ0v) is 11.0. The van der Waals surface area contributed by atoms with Crippen molar-refractivity contribution in [1.29, 1.82) is 0 Å². The number of aliphatic hydroxyl groups is 1. The Labute approximate surface area is 114 Å². The molecule has 1 unspecified atom stereocenters. The second-order valence-corrected chi connectivity index (χ2v) is 4.64. The molecule has 1 atom stereocenters. The van der Waals surface area contributed by atoms with Gasteiger partial charge in [-0.25, -0.2) is 0 Å². The minimum atomic E-state index is -0.876. The van der Waals surface area contributed by atoms with Crippen molar-refractivity contribution in [2.24, 2.45) is 0 Å². The van der Waals surface area contributed by atoms with E-state index in [1.54, 1.807) is 12.1 Å². The fourth-order valence-corrected chi connectivity index (χ4v) is 2.26. The highest BCUT2D eigenvalue weighted by atomic mass is 16.5. The van der Waals surface area contributed by atoms with Crippen LogP contribution in [-0.4, -0.2) is 23.8 Å². The van der Waals surface area contributed by atoms with E-state index in [-0.39, 0.29) is 34.2 Å². The molecule has 3 rings (SSSR count). The van der Waals surface area contributed by atoms with Crippen LogP contribution in [0.25, 0.3) is 0 Å². The Morgan fingerprint density at radius 3 is 2.50 bits per heavy atom. The molecule has 1 N–H and O–H groups in total. The van der Waals surface area contributed by atoms with Gasteiger partial charge in [0.25, 0.3) is 0 Å². The molecule has 1 aliphatic carbocycles. The zero-order valence-electron chi connectivity index (χ0n) is 11.0. The number of benzene rings is 1.